The summed E-state index contributed by atoms with van der Waals surface area (Å²) < 4.78 is 0. The number of carbonyl (C=O) groups is 2. The molecule has 0 aliphatic rings. The van der Waals surface area contributed by atoms with E-state index in [-0.39, 0.29) is 17.9 Å². The predicted molar refractivity (Wildman–Crippen MR) is 74.1 cm³/mol. The van der Waals surface area contributed by atoms with Crippen molar-refractivity contribution in [1.82, 2.24) is 10.6 Å². The zero-order valence-electron chi connectivity index (χ0n) is 12.6. The van der Waals surface area contributed by atoms with Crippen LogP contribution in [0.3, 0.4) is 0 Å². The Balaban J connectivity index is 4.33. The van der Waals surface area contributed by atoms with Gasteiger partial charge in [0.2, 0.25) is 11.8 Å². The summed E-state index contributed by atoms with van der Waals surface area (Å²) >= 11 is 0. The Morgan fingerprint density at radius 2 is 1.67 bits per heavy atom. The second-order valence-electron chi connectivity index (χ2n) is 5.85. The van der Waals surface area contributed by atoms with Crippen molar-refractivity contribution in [3.05, 3.63) is 0 Å². The second-order valence-corrected chi connectivity index (χ2v) is 5.85. The molecule has 2 N–H and O–H groups in total. The van der Waals surface area contributed by atoms with Crippen molar-refractivity contribution in [2.24, 2.45) is 11.3 Å². The van der Waals surface area contributed by atoms with Crippen LogP contribution in [0.2, 0.25) is 0 Å². The van der Waals surface area contributed by atoms with Crippen LogP contribution in [0.5, 0.6) is 0 Å². The third-order valence-electron chi connectivity index (χ3n) is 3.13. The third kappa shape index (κ3) is 5.52. The van der Waals surface area contributed by atoms with E-state index in [0.29, 0.717) is 12.5 Å². The summed E-state index contributed by atoms with van der Waals surface area (Å²) in [6.07, 6.45) is 1.78. The van der Waals surface area contributed by atoms with E-state index in [1.807, 2.05) is 13.8 Å². The molecule has 0 heterocycles. The lowest BCUT2D eigenvalue weighted by atomic mass is 9.90. The highest BCUT2D eigenvalue weighted by Crippen LogP contribution is 2.16. The van der Waals surface area contributed by atoms with Gasteiger partial charge in [-0.3, -0.25) is 9.59 Å². The van der Waals surface area contributed by atoms with Crippen LogP contribution >= 0.6 is 0 Å². The number of hydrogen-bond acceptors (Lipinski definition) is 2. The van der Waals surface area contributed by atoms with Gasteiger partial charge in [-0.15, -0.1) is 0 Å². The van der Waals surface area contributed by atoms with Gasteiger partial charge in [0.05, 0.1) is 0 Å². The number of nitrogens with one attached hydrogen (secondary N) is 2. The summed E-state index contributed by atoms with van der Waals surface area (Å²) in [6.45, 7) is 12.1. The van der Waals surface area contributed by atoms with E-state index in [9.17, 15) is 9.59 Å². The summed E-state index contributed by atoms with van der Waals surface area (Å²) in [4.78, 5) is 24.0. The minimum absolute atomic E-state index is 0.0974. The molecule has 0 rings (SSSR count). The van der Waals surface area contributed by atoms with Crippen LogP contribution in [0, 0.1) is 11.3 Å². The molecule has 2 amide bonds. The highest BCUT2D eigenvalue weighted by atomic mass is 16.2. The van der Waals surface area contributed by atoms with E-state index >= 15 is 0 Å². The van der Waals surface area contributed by atoms with Crippen molar-refractivity contribution in [3.8, 4) is 0 Å². The zero-order chi connectivity index (χ0) is 14.3. The first-order chi connectivity index (χ1) is 8.21. The fourth-order valence-corrected chi connectivity index (χ4v) is 1.30. The van der Waals surface area contributed by atoms with Crippen molar-refractivity contribution < 1.29 is 9.59 Å². The van der Waals surface area contributed by atoms with Crippen LogP contribution in [-0.2, 0) is 9.59 Å². The van der Waals surface area contributed by atoms with Gasteiger partial charge in [0.15, 0.2) is 0 Å². The highest BCUT2D eigenvalue weighted by Gasteiger charge is 2.36. The number of amides is 2. The summed E-state index contributed by atoms with van der Waals surface area (Å²) in [7, 11) is 0. The van der Waals surface area contributed by atoms with Crippen molar-refractivity contribution >= 4 is 11.8 Å². The molecule has 1 unspecified atom stereocenters. The first kappa shape index (κ1) is 16.9. The van der Waals surface area contributed by atoms with E-state index in [0.717, 1.165) is 12.8 Å². The Morgan fingerprint density at radius 3 is 2.11 bits per heavy atom. The molecule has 0 fully saturated rings. The van der Waals surface area contributed by atoms with E-state index in [4.69, 9.17) is 0 Å². The average Bonchev–Trinajstić information content (AvgIpc) is 2.27. The summed E-state index contributed by atoms with van der Waals surface area (Å²) in [6, 6.07) is 0.0974. The highest BCUT2D eigenvalue weighted by molar-refractivity contribution is 6.04. The molecule has 0 aliphatic heterocycles. The lowest BCUT2D eigenvalue weighted by Crippen LogP contribution is -2.50. The number of rotatable bonds is 7. The third-order valence-corrected chi connectivity index (χ3v) is 3.13. The van der Waals surface area contributed by atoms with Gasteiger partial charge in [-0.2, -0.15) is 0 Å². The maximum absolute atomic E-state index is 12.0. The monoisotopic (exact) mass is 256 g/mol. The van der Waals surface area contributed by atoms with E-state index < -0.39 is 5.41 Å². The summed E-state index contributed by atoms with van der Waals surface area (Å²) in [5.41, 5.74) is -1.01. The SMILES string of the molecule is CCC(C)NC(=O)C(C)(C)C(=O)NCCC(C)C. The summed E-state index contributed by atoms with van der Waals surface area (Å²) in [5, 5.41) is 5.68. The molecule has 0 bridgehead atoms. The van der Waals surface area contributed by atoms with Gasteiger partial charge in [-0.05, 0) is 39.5 Å². The molecular formula is C14H28N2O2. The standard InChI is InChI=1S/C14H28N2O2/c1-7-11(4)16-13(18)14(5,6)12(17)15-9-8-10(2)3/h10-11H,7-9H2,1-6H3,(H,15,17)(H,16,18). The van der Waals surface area contributed by atoms with Crippen molar-refractivity contribution in [2.75, 3.05) is 6.54 Å². The van der Waals surface area contributed by atoms with Gasteiger partial charge in [0, 0.05) is 12.6 Å². The average molecular weight is 256 g/mol. The first-order valence-corrected chi connectivity index (χ1v) is 6.81. The molecule has 4 heteroatoms. The van der Waals surface area contributed by atoms with E-state index in [1.54, 1.807) is 13.8 Å². The molecule has 0 aromatic rings. The van der Waals surface area contributed by atoms with Crippen LogP contribution in [0.25, 0.3) is 0 Å². The van der Waals surface area contributed by atoms with Crippen molar-refractivity contribution in [3.63, 3.8) is 0 Å². The largest absolute Gasteiger partial charge is 0.355 e. The Bertz CT molecular complexity index is 286. The molecule has 0 aromatic heterocycles. The Kier molecular flexibility index (Phi) is 6.96. The van der Waals surface area contributed by atoms with Crippen LogP contribution < -0.4 is 10.6 Å². The quantitative estimate of drug-likeness (QED) is 0.685. The molecule has 0 saturated heterocycles. The van der Waals surface area contributed by atoms with Crippen LogP contribution in [0.15, 0.2) is 0 Å². The first-order valence-electron chi connectivity index (χ1n) is 6.81. The minimum Gasteiger partial charge on any atom is -0.355 e. The lowest BCUT2D eigenvalue weighted by molar-refractivity contribution is -0.141. The van der Waals surface area contributed by atoms with Gasteiger partial charge in [0.1, 0.15) is 5.41 Å². The van der Waals surface area contributed by atoms with Gasteiger partial charge in [-0.1, -0.05) is 20.8 Å². The Labute approximate surface area is 111 Å². The maximum Gasteiger partial charge on any atom is 0.235 e. The fourth-order valence-electron chi connectivity index (χ4n) is 1.30. The number of carbonyl (C=O) groups excluding carboxylic acids is 2. The molecule has 0 radical (unpaired) electrons. The maximum atomic E-state index is 12.0. The van der Waals surface area contributed by atoms with Crippen molar-refractivity contribution in [2.45, 2.75) is 60.4 Å². The van der Waals surface area contributed by atoms with Gasteiger partial charge in [0.25, 0.3) is 0 Å². The number of hydrogen-bond donors (Lipinski definition) is 2. The van der Waals surface area contributed by atoms with Gasteiger partial charge in [-0.25, -0.2) is 0 Å². The lowest BCUT2D eigenvalue weighted by Gasteiger charge is -2.25. The normalized spacial score (nSPS) is 13.3. The Morgan fingerprint density at radius 1 is 1.11 bits per heavy atom. The van der Waals surface area contributed by atoms with Crippen molar-refractivity contribution in [1.29, 1.82) is 0 Å². The molecular weight excluding hydrogens is 228 g/mol. The van der Waals surface area contributed by atoms with Gasteiger partial charge < -0.3 is 10.6 Å². The van der Waals surface area contributed by atoms with Crippen LogP contribution in [0.1, 0.15) is 54.4 Å². The second kappa shape index (κ2) is 7.39. The topological polar surface area (TPSA) is 58.2 Å². The molecule has 0 aromatic carbocycles. The molecule has 106 valence electrons. The van der Waals surface area contributed by atoms with Crippen LogP contribution in [-0.4, -0.2) is 24.4 Å². The van der Waals surface area contributed by atoms with Gasteiger partial charge >= 0.3 is 0 Å². The van der Waals surface area contributed by atoms with E-state index in [1.165, 1.54) is 0 Å². The molecule has 18 heavy (non-hydrogen) atoms. The predicted octanol–water partition coefficient (Wildman–Crippen LogP) is 2.09. The fraction of sp³-hybridized carbons (Fsp3) is 0.857. The molecule has 0 spiro atoms. The van der Waals surface area contributed by atoms with E-state index in [2.05, 4.69) is 24.5 Å². The molecule has 4 nitrogen and oxygen atoms in total. The van der Waals surface area contributed by atoms with Crippen LogP contribution in [0.4, 0.5) is 0 Å². The Hall–Kier alpha value is -1.06. The molecule has 0 saturated carbocycles. The molecule has 1 atom stereocenters. The zero-order valence-corrected chi connectivity index (χ0v) is 12.6. The molecule has 0 aliphatic carbocycles. The minimum atomic E-state index is -1.01. The smallest absolute Gasteiger partial charge is 0.235 e. The summed E-state index contributed by atoms with van der Waals surface area (Å²) in [5.74, 6) is 0.130.